The van der Waals surface area contributed by atoms with Gasteiger partial charge in [-0.3, -0.25) is 4.31 Å². The predicted molar refractivity (Wildman–Crippen MR) is 238 cm³/mol. The molecule has 1 N–H and O–H groups in total. The molecule has 0 aliphatic heterocycles. The Morgan fingerprint density at radius 1 is 0.845 bits per heavy atom. The van der Waals surface area contributed by atoms with Crippen molar-refractivity contribution in [2.75, 3.05) is 49.0 Å². The molecule has 0 atom stereocenters. The summed E-state index contributed by atoms with van der Waals surface area (Å²) in [6.07, 6.45) is 3.55. The van der Waals surface area contributed by atoms with Gasteiger partial charge in [0.25, 0.3) is 0 Å². The number of anilines is 2. The van der Waals surface area contributed by atoms with Crippen LogP contribution in [0.4, 0.5) is 15.9 Å². The van der Waals surface area contributed by atoms with Gasteiger partial charge >= 0.3 is 0 Å². The van der Waals surface area contributed by atoms with Crippen molar-refractivity contribution in [2.45, 2.75) is 84.6 Å². The van der Waals surface area contributed by atoms with Crippen LogP contribution in [0.2, 0.25) is 51.4 Å². The highest BCUT2D eigenvalue weighted by Crippen LogP contribution is 2.34. The summed E-state index contributed by atoms with van der Waals surface area (Å²) in [6, 6.07) is 24.3. The van der Waals surface area contributed by atoms with E-state index in [0.717, 1.165) is 39.7 Å². The normalized spacial score (nSPS) is 12.3. The molecule has 0 aliphatic carbocycles. The molecule has 15 heteroatoms. The molecule has 2 heterocycles. The summed E-state index contributed by atoms with van der Waals surface area (Å²) in [5.41, 5.74) is 5.09. The van der Waals surface area contributed by atoms with Crippen LogP contribution in [0.15, 0.2) is 79.0 Å². The fourth-order valence-corrected chi connectivity index (χ4v) is 8.67. The number of nitrogens with zero attached hydrogens (tertiary/aromatic N) is 4. The van der Waals surface area contributed by atoms with Crippen LogP contribution in [-0.4, -0.2) is 78.7 Å². The number of halogens is 1. The maximum Gasteiger partial charge on any atom is 0.232 e. The van der Waals surface area contributed by atoms with Gasteiger partial charge in [-0.15, -0.1) is 0 Å². The van der Waals surface area contributed by atoms with Crippen molar-refractivity contribution in [1.82, 2.24) is 14.8 Å². The summed E-state index contributed by atoms with van der Waals surface area (Å²) in [6.45, 7) is 18.2. The Bertz CT molecular complexity index is 2210. The zero-order valence-corrected chi connectivity index (χ0v) is 38.1. The van der Waals surface area contributed by atoms with E-state index in [-0.39, 0.29) is 39.0 Å². The van der Waals surface area contributed by atoms with Crippen molar-refractivity contribution < 1.29 is 31.8 Å². The maximum atomic E-state index is 15.8. The van der Waals surface area contributed by atoms with E-state index in [1.165, 1.54) is 16.6 Å². The van der Waals surface area contributed by atoms with Crippen LogP contribution in [0.5, 0.6) is 5.75 Å². The van der Waals surface area contributed by atoms with Crippen molar-refractivity contribution in [3.8, 4) is 17.0 Å². The zero-order chi connectivity index (χ0) is 41.9. The molecule has 0 unspecified atom stereocenters. The molecule has 0 saturated carbocycles. The minimum Gasteiger partial charge on any atom is -0.464 e. The fraction of sp³-hybridized carbons (Fsp3) is 0.442. The first-order chi connectivity index (χ1) is 27.5. The minimum atomic E-state index is -3.66. The van der Waals surface area contributed by atoms with Gasteiger partial charge in [-0.2, -0.15) is 5.10 Å². The highest BCUT2D eigenvalue weighted by Gasteiger charge is 2.22. The molecule has 314 valence electrons. The van der Waals surface area contributed by atoms with Crippen LogP contribution < -0.4 is 14.4 Å². The lowest BCUT2D eigenvalue weighted by molar-refractivity contribution is 0.0197. The van der Waals surface area contributed by atoms with Crippen LogP contribution >= 0.6 is 0 Å². The quantitative estimate of drug-likeness (QED) is 0.0390. The Labute approximate surface area is 345 Å². The molecule has 3 aromatic carbocycles. The molecule has 5 rings (SSSR count). The molecule has 0 saturated heterocycles. The molecule has 58 heavy (non-hydrogen) atoms. The van der Waals surface area contributed by atoms with E-state index in [2.05, 4.69) is 49.7 Å². The number of hydrogen-bond acceptors (Lipinski definition) is 9. The van der Waals surface area contributed by atoms with Crippen LogP contribution in [-0.2, 0) is 50.5 Å². The van der Waals surface area contributed by atoms with Crippen molar-refractivity contribution in [1.29, 1.82) is 0 Å². The van der Waals surface area contributed by atoms with Gasteiger partial charge in [-0.25, -0.2) is 22.5 Å². The Morgan fingerprint density at radius 2 is 1.53 bits per heavy atom. The first-order valence-corrected chi connectivity index (χ1v) is 29.2. The van der Waals surface area contributed by atoms with Crippen LogP contribution in [0.3, 0.4) is 0 Å². The van der Waals surface area contributed by atoms with Crippen molar-refractivity contribution in [2.24, 2.45) is 0 Å². The van der Waals surface area contributed by atoms with Crippen LogP contribution in [0, 0.1) is 5.82 Å². The Kier molecular flexibility index (Phi) is 15.7. The van der Waals surface area contributed by atoms with E-state index in [0.29, 0.717) is 49.0 Å². The maximum absolute atomic E-state index is 15.8. The number of fused-ring (bicyclic) bond motifs is 1. The SMILES string of the molecule is CCc1cc(OCOCC[Si](C)(C)C)c(F)cc1-c1cc2c(cnn2COCC[Si](C)(C)C)c(NCc2ccccc2N(CCOCc2ccccc2)S(C)(=O)=O)n1. The third kappa shape index (κ3) is 13.2. The molecular formula is C43H60FN5O6SSi2. The average molecular weight is 850 g/mol. The monoisotopic (exact) mass is 849 g/mol. The van der Waals surface area contributed by atoms with Crippen molar-refractivity contribution in [3.63, 3.8) is 0 Å². The van der Waals surface area contributed by atoms with E-state index in [1.54, 1.807) is 23.0 Å². The Morgan fingerprint density at radius 3 is 2.22 bits per heavy atom. The van der Waals surface area contributed by atoms with E-state index in [4.69, 9.17) is 23.9 Å². The molecule has 0 aliphatic rings. The largest absolute Gasteiger partial charge is 0.464 e. The average Bonchev–Trinajstić information content (AvgIpc) is 3.58. The van der Waals surface area contributed by atoms with Gasteiger partial charge in [-0.05, 0) is 59.5 Å². The van der Waals surface area contributed by atoms with Crippen molar-refractivity contribution >= 4 is 48.6 Å². The van der Waals surface area contributed by atoms with Crippen LogP contribution in [0.25, 0.3) is 22.2 Å². The molecule has 2 aromatic heterocycles. The highest BCUT2D eigenvalue weighted by atomic mass is 32.2. The molecule has 0 fully saturated rings. The molecule has 0 radical (unpaired) electrons. The number of pyridine rings is 1. The summed E-state index contributed by atoms with van der Waals surface area (Å²) < 4.78 is 68.7. The molecular weight excluding hydrogens is 790 g/mol. The first kappa shape index (κ1) is 45.0. The number of benzene rings is 3. The third-order valence-electron chi connectivity index (χ3n) is 9.62. The topological polar surface area (TPSA) is 117 Å². The molecule has 11 nitrogen and oxygen atoms in total. The molecule has 0 amide bonds. The van der Waals surface area contributed by atoms with Gasteiger partial charge in [0.1, 0.15) is 12.5 Å². The van der Waals surface area contributed by atoms with Gasteiger partial charge in [-0.1, -0.05) is 94.7 Å². The summed E-state index contributed by atoms with van der Waals surface area (Å²) in [5.74, 6) is 0.140. The third-order valence-corrected chi connectivity index (χ3v) is 14.2. The summed E-state index contributed by atoms with van der Waals surface area (Å²) in [7, 11) is -6.23. The summed E-state index contributed by atoms with van der Waals surface area (Å²) >= 11 is 0. The van der Waals surface area contributed by atoms with E-state index in [9.17, 15) is 8.42 Å². The number of ether oxygens (including phenoxy) is 4. The fourth-order valence-electron chi connectivity index (χ4n) is 6.22. The lowest BCUT2D eigenvalue weighted by atomic mass is 10.0. The smallest absolute Gasteiger partial charge is 0.232 e. The molecule has 5 aromatic rings. The van der Waals surface area contributed by atoms with E-state index < -0.39 is 32.0 Å². The minimum absolute atomic E-state index is 0.0297. The molecule has 0 spiro atoms. The zero-order valence-electron chi connectivity index (χ0n) is 35.3. The van der Waals surface area contributed by atoms with E-state index >= 15 is 4.39 Å². The van der Waals surface area contributed by atoms with E-state index in [1.807, 2.05) is 61.5 Å². The lowest BCUT2D eigenvalue weighted by Gasteiger charge is -2.25. The lowest BCUT2D eigenvalue weighted by Crippen LogP contribution is -2.34. The number of para-hydroxylation sites is 1. The second-order valence-corrected chi connectivity index (χ2v) is 30.1. The van der Waals surface area contributed by atoms with Gasteiger partial charge in [0.15, 0.2) is 18.4 Å². The standard InChI is InChI=1S/C43H60FN5O6SSi2/c1-9-34-25-42(55-32-54-22-24-58(6,7)8)38(44)26-36(34)39-27-41-37(29-46-48(41)31-53-21-23-57(3,4)5)43(47-39)45-28-35-17-13-14-18-40(35)49(56(2,50)51)19-20-52-30-33-15-11-10-12-16-33/h10-18,25-27,29H,9,19-24,28,30-32H2,1-8H3,(H,45,47). The first-order valence-electron chi connectivity index (χ1n) is 19.9. The number of rotatable bonds is 23. The number of sulfonamides is 1. The summed E-state index contributed by atoms with van der Waals surface area (Å²) in [4.78, 5) is 5.05. The predicted octanol–water partition coefficient (Wildman–Crippen LogP) is 9.40. The van der Waals surface area contributed by atoms with Gasteiger partial charge in [0.2, 0.25) is 10.0 Å². The summed E-state index contributed by atoms with van der Waals surface area (Å²) in [5, 5.41) is 8.90. The highest BCUT2D eigenvalue weighted by molar-refractivity contribution is 7.92. The number of aryl methyl sites for hydroxylation is 1. The second-order valence-electron chi connectivity index (χ2n) is 16.9. The number of nitrogens with one attached hydrogen (secondary N) is 1. The van der Waals surface area contributed by atoms with Crippen LogP contribution in [0.1, 0.15) is 23.6 Å². The number of aromatic nitrogens is 3. The van der Waals surface area contributed by atoms with Gasteiger partial charge in [0, 0.05) is 41.5 Å². The Balaban J connectivity index is 1.43. The van der Waals surface area contributed by atoms with Crippen molar-refractivity contribution in [3.05, 3.63) is 102 Å². The number of hydrogen-bond donors (Lipinski definition) is 1. The second kappa shape index (κ2) is 20.2. The Hall–Kier alpha value is -4.13. The molecule has 0 bridgehead atoms. The van der Waals surface area contributed by atoms with Gasteiger partial charge in [0.05, 0.1) is 54.5 Å². The van der Waals surface area contributed by atoms with Gasteiger partial charge < -0.3 is 24.3 Å².